The maximum absolute atomic E-state index is 12.9. The smallest absolute Gasteiger partial charge is 0.306 e. The first-order valence-corrected chi connectivity index (χ1v) is 40.6. The summed E-state index contributed by atoms with van der Waals surface area (Å²) in [6.07, 6.45) is 97.4. The molecule has 0 aliphatic carbocycles. The van der Waals surface area contributed by atoms with E-state index in [1.54, 1.807) is 0 Å². The third kappa shape index (κ3) is 76.4. The molecule has 532 valence electrons. The van der Waals surface area contributed by atoms with Crippen LogP contribution in [0.25, 0.3) is 0 Å². The van der Waals surface area contributed by atoms with Gasteiger partial charge in [-0.05, 0) is 64.2 Å². The number of hydrogen-bond acceptors (Lipinski definition) is 8. The Bertz CT molecular complexity index is 1770. The van der Waals surface area contributed by atoms with Gasteiger partial charge in [0.1, 0.15) is 19.8 Å². The number of esters is 2. The molecule has 0 heterocycles. The van der Waals surface area contributed by atoms with Gasteiger partial charge in [-0.2, -0.15) is 0 Å². The molecule has 0 amide bonds. The first kappa shape index (κ1) is 88.5. The van der Waals surface area contributed by atoms with Gasteiger partial charge in [0.2, 0.25) is 0 Å². The van der Waals surface area contributed by atoms with E-state index in [1.807, 2.05) is 21.1 Å². The van der Waals surface area contributed by atoms with Crippen LogP contribution in [0.15, 0.2) is 72.9 Å². The molecule has 0 spiro atoms. The summed E-state index contributed by atoms with van der Waals surface area (Å²) >= 11 is 0. The fraction of sp³-hybridized carbons (Fsp3) is 0.827. The minimum absolute atomic E-state index is 0.0284. The van der Waals surface area contributed by atoms with E-state index >= 15 is 0 Å². The van der Waals surface area contributed by atoms with Crippen molar-refractivity contribution in [1.29, 1.82) is 0 Å². The van der Waals surface area contributed by atoms with Crippen LogP contribution in [-0.2, 0) is 32.7 Å². The Labute approximate surface area is 565 Å². The van der Waals surface area contributed by atoms with Crippen LogP contribution in [0, 0.1) is 0 Å². The van der Waals surface area contributed by atoms with Crippen LogP contribution >= 0.6 is 7.82 Å². The zero-order valence-corrected chi connectivity index (χ0v) is 61.7. The number of hydrogen-bond donors (Lipinski definition) is 0. The van der Waals surface area contributed by atoms with Crippen LogP contribution in [0.3, 0.4) is 0 Å². The monoisotopic (exact) mass is 1300 g/mol. The molecule has 0 rings (SSSR count). The van der Waals surface area contributed by atoms with Gasteiger partial charge >= 0.3 is 11.9 Å². The minimum atomic E-state index is -4.64. The first-order chi connectivity index (χ1) is 44.5. The number of carbonyl (C=O) groups excluding carboxylic acids is 2. The molecule has 0 aromatic carbocycles. The lowest BCUT2D eigenvalue weighted by atomic mass is 10.0. The number of phosphoric acid groups is 1. The number of carbonyl (C=O) groups is 2. The quantitative estimate of drug-likeness (QED) is 0.0195. The molecule has 0 saturated carbocycles. The molecule has 0 N–H and O–H groups in total. The van der Waals surface area contributed by atoms with Crippen LogP contribution in [0.2, 0.25) is 0 Å². The second kappa shape index (κ2) is 71.7. The Morgan fingerprint density at radius 3 is 0.934 bits per heavy atom. The van der Waals surface area contributed by atoms with E-state index in [0.29, 0.717) is 17.4 Å². The van der Waals surface area contributed by atoms with Gasteiger partial charge in [-0.25, -0.2) is 0 Å². The summed E-state index contributed by atoms with van der Waals surface area (Å²) in [6, 6.07) is 0. The summed E-state index contributed by atoms with van der Waals surface area (Å²) in [5.74, 6) is -0.810. The fourth-order valence-corrected chi connectivity index (χ4v) is 12.3. The Morgan fingerprint density at radius 1 is 0.352 bits per heavy atom. The largest absolute Gasteiger partial charge is 0.756 e. The predicted molar refractivity (Wildman–Crippen MR) is 393 cm³/mol. The highest BCUT2D eigenvalue weighted by Gasteiger charge is 2.22. The highest BCUT2D eigenvalue weighted by Crippen LogP contribution is 2.38. The third-order valence-electron chi connectivity index (χ3n) is 17.5. The van der Waals surface area contributed by atoms with E-state index in [0.717, 1.165) is 70.6 Å². The fourth-order valence-electron chi connectivity index (χ4n) is 11.5. The molecule has 0 aromatic rings. The molecule has 2 atom stereocenters. The van der Waals surface area contributed by atoms with Crippen molar-refractivity contribution in [3.05, 3.63) is 72.9 Å². The number of ether oxygens (including phenoxy) is 2. The van der Waals surface area contributed by atoms with E-state index in [9.17, 15) is 19.0 Å². The number of unbranched alkanes of at least 4 members (excludes halogenated alkanes) is 47. The zero-order valence-electron chi connectivity index (χ0n) is 60.8. The molecule has 0 saturated heterocycles. The summed E-state index contributed by atoms with van der Waals surface area (Å²) in [4.78, 5) is 38.1. The Morgan fingerprint density at radius 2 is 0.626 bits per heavy atom. The summed E-state index contributed by atoms with van der Waals surface area (Å²) in [7, 11) is 1.19. The van der Waals surface area contributed by atoms with E-state index < -0.39 is 26.5 Å². The highest BCUT2D eigenvalue weighted by atomic mass is 31.2. The van der Waals surface area contributed by atoms with E-state index in [-0.39, 0.29) is 32.0 Å². The second-order valence-electron chi connectivity index (χ2n) is 27.7. The van der Waals surface area contributed by atoms with Crippen molar-refractivity contribution >= 4 is 19.8 Å². The van der Waals surface area contributed by atoms with Crippen molar-refractivity contribution in [2.75, 3.05) is 47.5 Å². The molecule has 2 unspecified atom stereocenters. The SMILES string of the molecule is CC/C=C\C/C=C\C/C=C\C/C=C\C/C=C\C/C=C\CCCCCCCCCCCCCCCCCCCCCCCCC(=O)OC(COC(=O)CCCCCCCCCCCCCCCCCCCCCCCCCCCC)COP(=O)([O-])OCC[N+](C)(C)C. The average Bonchev–Trinajstić information content (AvgIpc) is 3.69. The lowest BCUT2D eigenvalue weighted by molar-refractivity contribution is -0.870. The number of likely N-dealkylation sites (N-methyl/N-ethyl adjacent to an activating group) is 1. The third-order valence-corrected chi connectivity index (χ3v) is 18.5. The summed E-state index contributed by atoms with van der Waals surface area (Å²) < 4.78 is 34.4. The molecule has 0 aromatic heterocycles. The molecule has 9 nitrogen and oxygen atoms in total. The molecule has 0 fully saturated rings. The molecule has 0 radical (unpaired) electrons. The summed E-state index contributed by atoms with van der Waals surface area (Å²) in [5.41, 5.74) is 0. The molecule has 91 heavy (non-hydrogen) atoms. The molecule has 0 bridgehead atoms. The molecule has 10 heteroatoms. The van der Waals surface area contributed by atoms with Gasteiger partial charge in [0, 0.05) is 12.8 Å². The average molecular weight is 1300 g/mol. The van der Waals surface area contributed by atoms with Gasteiger partial charge < -0.3 is 27.9 Å². The van der Waals surface area contributed by atoms with E-state index in [4.69, 9.17) is 18.5 Å². The lowest BCUT2D eigenvalue weighted by Crippen LogP contribution is -2.37. The van der Waals surface area contributed by atoms with Gasteiger partial charge in [-0.15, -0.1) is 0 Å². The van der Waals surface area contributed by atoms with Gasteiger partial charge in [-0.3, -0.25) is 14.2 Å². The van der Waals surface area contributed by atoms with Crippen LogP contribution in [0.5, 0.6) is 0 Å². The van der Waals surface area contributed by atoms with Gasteiger partial charge in [-0.1, -0.05) is 376 Å². The number of phosphoric ester groups is 1. The van der Waals surface area contributed by atoms with Crippen molar-refractivity contribution in [3.8, 4) is 0 Å². The van der Waals surface area contributed by atoms with E-state index in [2.05, 4.69) is 86.8 Å². The standard InChI is InChI=1S/C81H150NO8P/c1-6-8-10-12-14-16-18-20-22-24-26-28-30-32-34-35-36-37-38-39-40-41-42-43-44-45-46-47-48-50-52-54-56-58-60-62-64-66-68-70-72-74-81(84)90-79(78-89-91(85,86)88-76-75-82(3,4)5)77-87-80(83)73-71-69-67-65-63-61-59-57-55-53-51-49-33-31-29-27-25-23-21-19-17-15-13-11-9-7-2/h8,10,14,16,20,22,26,28,32,34,36-37,79H,6-7,9,11-13,15,17-19,21,23-25,27,29-31,33,35,38-78H2,1-5H3/b10-8-,16-14-,22-20-,28-26-,34-32-,37-36-. The molecule has 0 aliphatic heterocycles. The molecule has 0 aliphatic rings. The maximum Gasteiger partial charge on any atom is 0.306 e. The topological polar surface area (TPSA) is 111 Å². The lowest BCUT2D eigenvalue weighted by Gasteiger charge is -2.28. The van der Waals surface area contributed by atoms with Crippen LogP contribution in [0.1, 0.15) is 380 Å². The molecular weight excluding hydrogens is 1150 g/mol. The maximum atomic E-state index is 12.9. The van der Waals surface area contributed by atoms with Crippen molar-refractivity contribution < 1.29 is 42.1 Å². The number of allylic oxidation sites excluding steroid dienone is 12. The van der Waals surface area contributed by atoms with Crippen LogP contribution < -0.4 is 4.89 Å². The Kier molecular flexibility index (Phi) is 69.7. The summed E-state index contributed by atoms with van der Waals surface area (Å²) in [6.45, 7) is 4.20. The zero-order chi connectivity index (χ0) is 66.2. The number of nitrogens with zero attached hydrogens (tertiary/aromatic N) is 1. The normalized spacial score (nSPS) is 13.4. The van der Waals surface area contributed by atoms with Crippen LogP contribution in [-0.4, -0.2) is 70.0 Å². The number of rotatable bonds is 73. The highest BCUT2D eigenvalue weighted by molar-refractivity contribution is 7.45. The van der Waals surface area contributed by atoms with Gasteiger partial charge in [0.05, 0.1) is 27.7 Å². The summed E-state index contributed by atoms with van der Waals surface area (Å²) in [5, 5.41) is 0. The first-order valence-electron chi connectivity index (χ1n) is 39.1. The minimum Gasteiger partial charge on any atom is -0.756 e. The Hall–Kier alpha value is -2.55. The molecular formula is C81H150NO8P. The van der Waals surface area contributed by atoms with Gasteiger partial charge in [0.25, 0.3) is 7.82 Å². The predicted octanol–water partition coefficient (Wildman–Crippen LogP) is 25.3. The number of quaternary nitrogens is 1. The van der Waals surface area contributed by atoms with Crippen LogP contribution in [0.4, 0.5) is 0 Å². The van der Waals surface area contributed by atoms with Gasteiger partial charge in [0.15, 0.2) is 6.10 Å². The second-order valence-corrected chi connectivity index (χ2v) is 29.1. The van der Waals surface area contributed by atoms with Crippen molar-refractivity contribution in [2.24, 2.45) is 0 Å². The van der Waals surface area contributed by atoms with Crippen molar-refractivity contribution in [3.63, 3.8) is 0 Å². The van der Waals surface area contributed by atoms with Crippen molar-refractivity contribution in [2.45, 2.75) is 386 Å². The Balaban J connectivity index is 3.91. The van der Waals surface area contributed by atoms with E-state index in [1.165, 1.54) is 276 Å². The van der Waals surface area contributed by atoms with Crippen molar-refractivity contribution in [1.82, 2.24) is 0 Å².